The highest BCUT2D eigenvalue weighted by atomic mass is 79.9. The third-order valence-electron chi connectivity index (χ3n) is 3.60. The molecule has 0 radical (unpaired) electrons. The number of pyridine rings is 1. The molecule has 0 spiro atoms. The molecule has 0 aliphatic carbocycles. The fourth-order valence-corrected chi connectivity index (χ4v) is 2.80. The first-order chi connectivity index (χ1) is 10.6. The van der Waals surface area contributed by atoms with Crippen molar-refractivity contribution < 1.29 is 4.79 Å². The zero-order valence-electron chi connectivity index (χ0n) is 12.2. The molecule has 1 amide bonds. The number of rotatable bonds is 3. The number of nitrogens with zero attached hydrogens (tertiary/aromatic N) is 2. The Morgan fingerprint density at radius 1 is 1.48 bits per heavy atom. The van der Waals surface area contributed by atoms with Crippen LogP contribution in [-0.4, -0.2) is 33.8 Å². The number of hydrogen-bond donors (Lipinski definition) is 3. The molecule has 0 saturated carbocycles. The molecule has 124 valence electrons. The summed E-state index contributed by atoms with van der Waals surface area (Å²) >= 11 is 3.25. The highest BCUT2D eigenvalue weighted by Gasteiger charge is 2.18. The van der Waals surface area contributed by atoms with E-state index < -0.39 is 5.91 Å². The molecular weight excluding hydrogens is 386 g/mol. The number of carbonyl (C=O) groups is 1. The summed E-state index contributed by atoms with van der Waals surface area (Å²) in [4.78, 5) is 26.4. The predicted octanol–water partition coefficient (Wildman–Crippen LogP) is 1.93. The maximum Gasteiger partial charge on any atom is 0.276 e. The first-order valence-corrected chi connectivity index (χ1v) is 7.88. The summed E-state index contributed by atoms with van der Waals surface area (Å²) < 4.78 is 2.49. The Kier molecular flexibility index (Phi) is 5.97. The molecule has 0 aromatic carbocycles. The molecule has 1 saturated heterocycles. The van der Waals surface area contributed by atoms with Crippen LogP contribution in [0, 0.1) is 0 Å². The van der Waals surface area contributed by atoms with Gasteiger partial charge in [-0.3, -0.25) is 14.3 Å². The Hall–Kier alpha value is -1.64. The lowest BCUT2D eigenvalue weighted by atomic mass is 10.1. The number of hydrogen-bond acceptors (Lipinski definition) is 4. The average Bonchev–Trinajstić information content (AvgIpc) is 3.02. The van der Waals surface area contributed by atoms with Crippen LogP contribution in [0.4, 0.5) is 5.69 Å². The normalized spacial score (nSPS) is 17.3. The molecule has 1 unspecified atom stereocenters. The summed E-state index contributed by atoms with van der Waals surface area (Å²) in [5.74, 6) is -0.397. The smallest absolute Gasteiger partial charge is 0.276 e. The van der Waals surface area contributed by atoms with Gasteiger partial charge in [0, 0.05) is 23.4 Å². The van der Waals surface area contributed by atoms with Gasteiger partial charge in [-0.2, -0.15) is 5.10 Å². The van der Waals surface area contributed by atoms with Gasteiger partial charge in [0.05, 0.1) is 6.04 Å². The van der Waals surface area contributed by atoms with E-state index in [-0.39, 0.29) is 29.7 Å². The molecule has 7 nitrogen and oxygen atoms in total. The highest BCUT2D eigenvalue weighted by molar-refractivity contribution is 9.10. The molecule has 23 heavy (non-hydrogen) atoms. The van der Waals surface area contributed by atoms with Crippen LogP contribution in [0.1, 0.15) is 29.4 Å². The third-order valence-corrected chi connectivity index (χ3v) is 4.06. The van der Waals surface area contributed by atoms with E-state index in [0.29, 0.717) is 10.2 Å². The van der Waals surface area contributed by atoms with E-state index in [2.05, 4.69) is 36.6 Å². The van der Waals surface area contributed by atoms with Crippen molar-refractivity contribution in [3.05, 3.63) is 45.0 Å². The Balaban J connectivity index is 0.00000192. The van der Waals surface area contributed by atoms with Gasteiger partial charge in [0.25, 0.3) is 11.5 Å². The number of aromatic amines is 1. The summed E-state index contributed by atoms with van der Waals surface area (Å²) in [7, 11) is 0. The fourth-order valence-electron chi connectivity index (χ4n) is 2.46. The Morgan fingerprint density at radius 2 is 2.30 bits per heavy atom. The van der Waals surface area contributed by atoms with Gasteiger partial charge in [0.15, 0.2) is 5.69 Å². The van der Waals surface area contributed by atoms with Crippen LogP contribution in [0.15, 0.2) is 33.8 Å². The zero-order chi connectivity index (χ0) is 15.5. The quantitative estimate of drug-likeness (QED) is 0.731. The van der Waals surface area contributed by atoms with Gasteiger partial charge in [-0.1, -0.05) is 0 Å². The standard InChI is InChI=1S/C14H16BrN5O2.ClH/c15-9-6-12(13(21)17-7-9)18-14(22)11-3-5-20(19-11)10-2-1-4-16-8-10;/h3,5-7,10,16H,1-2,4,8H2,(H,17,21)(H,18,22);1H. The van der Waals surface area contributed by atoms with E-state index in [1.54, 1.807) is 18.3 Å². The largest absolute Gasteiger partial charge is 0.326 e. The van der Waals surface area contributed by atoms with E-state index in [1.165, 1.54) is 6.20 Å². The van der Waals surface area contributed by atoms with E-state index in [9.17, 15) is 9.59 Å². The van der Waals surface area contributed by atoms with Crippen LogP contribution in [0.5, 0.6) is 0 Å². The minimum Gasteiger partial charge on any atom is -0.326 e. The van der Waals surface area contributed by atoms with Gasteiger partial charge in [-0.05, 0) is 47.4 Å². The molecular formula is C14H17BrClN5O2. The van der Waals surface area contributed by atoms with Gasteiger partial charge in [0.2, 0.25) is 0 Å². The predicted molar refractivity (Wildman–Crippen MR) is 93.3 cm³/mol. The SMILES string of the molecule is Cl.O=C(Nc1cc(Br)c[nH]c1=O)c1ccn(C2CCCNC2)n1. The van der Waals surface area contributed by atoms with Gasteiger partial charge in [-0.25, -0.2) is 0 Å². The monoisotopic (exact) mass is 401 g/mol. The molecule has 3 rings (SSSR count). The lowest BCUT2D eigenvalue weighted by molar-refractivity contribution is 0.102. The minimum absolute atomic E-state index is 0. The number of halogens is 2. The van der Waals surface area contributed by atoms with Crippen LogP contribution >= 0.6 is 28.3 Å². The topological polar surface area (TPSA) is 91.8 Å². The van der Waals surface area contributed by atoms with Crippen LogP contribution in [0.2, 0.25) is 0 Å². The van der Waals surface area contributed by atoms with Crippen molar-refractivity contribution in [2.75, 3.05) is 18.4 Å². The molecule has 1 aliphatic heterocycles. The number of aromatic nitrogens is 3. The maximum absolute atomic E-state index is 12.2. The van der Waals surface area contributed by atoms with Crippen LogP contribution in [0.3, 0.4) is 0 Å². The van der Waals surface area contributed by atoms with E-state index >= 15 is 0 Å². The molecule has 3 heterocycles. The summed E-state index contributed by atoms with van der Waals surface area (Å²) in [6, 6.07) is 3.49. The van der Waals surface area contributed by atoms with Gasteiger partial charge in [-0.15, -0.1) is 12.4 Å². The molecule has 9 heteroatoms. The summed E-state index contributed by atoms with van der Waals surface area (Å²) in [6.07, 6.45) is 5.46. The molecule has 2 aromatic rings. The number of H-pyrrole nitrogens is 1. The maximum atomic E-state index is 12.2. The van der Waals surface area contributed by atoms with Crippen LogP contribution in [-0.2, 0) is 0 Å². The molecule has 1 atom stereocenters. The van der Waals surface area contributed by atoms with E-state index in [4.69, 9.17) is 0 Å². The Labute approximate surface area is 147 Å². The number of piperidine rings is 1. The molecule has 3 N–H and O–H groups in total. The number of anilines is 1. The number of nitrogens with one attached hydrogen (secondary N) is 3. The summed E-state index contributed by atoms with van der Waals surface area (Å²) in [5.41, 5.74) is 0.130. The van der Waals surface area contributed by atoms with Crippen molar-refractivity contribution in [2.45, 2.75) is 18.9 Å². The first-order valence-electron chi connectivity index (χ1n) is 7.09. The molecule has 0 bridgehead atoms. The fraction of sp³-hybridized carbons (Fsp3) is 0.357. The van der Waals surface area contributed by atoms with Crippen molar-refractivity contribution in [1.82, 2.24) is 20.1 Å². The van der Waals surface area contributed by atoms with Gasteiger partial charge in [0.1, 0.15) is 5.69 Å². The zero-order valence-corrected chi connectivity index (χ0v) is 14.6. The molecule has 2 aromatic heterocycles. The Bertz CT molecular complexity index is 739. The van der Waals surface area contributed by atoms with Crippen molar-refractivity contribution in [3.8, 4) is 0 Å². The molecule has 1 aliphatic rings. The minimum atomic E-state index is -0.397. The second-order valence-electron chi connectivity index (χ2n) is 5.20. The van der Waals surface area contributed by atoms with Crippen molar-refractivity contribution in [2.24, 2.45) is 0 Å². The van der Waals surface area contributed by atoms with Crippen molar-refractivity contribution in [3.63, 3.8) is 0 Å². The third kappa shape index (κ3) is 4.21. The van der Waals surface area contributed by atoms with Gasteiger partial charge >= 0.3 is 0 Å². The second kappa shape index (κ2) is 7.76. The van der Waals surface area contributed by atoms with Crippen molar-refractivity contribution >= 4 is 39.9 Å². The summed E-state index contributed by atoms with van der Waals surface area (Å²) in [6.45, 7) is 1.88. The van der Waals surface area contributed by atoms with Crippen molar-refractivity contribution in [1.29, 1.82) is 0 Å². The lowest BCUT2D eigenvalue weighted by Crippen LogP contribution is -2.32. The van der Waals surface area contributed by atoms with Crippen LogP contribution < -0.4 is 16.2 Å². The second-order valence-corrected chi connectivity index (χ2v) is 6.11. The first kappa shape index (κ1) is 17.7. The van der Waals surface area contributed by atoms with Gasteiger partial charge < -0.3 is 15.6 Å². The number of amides is 1. The van der Waals surface area contributed by atoms with E-state index in [0.717, 1.165) is 25.9 Å². The van der Waals surface area contributed by atoms with E-state index in [1.807, 2.05) is 4.68 Å². The lowest BCUT2D eigenvalue weighted by Gasteiger charge is -2.22. The number of carbonyl (C=O) groups excluding carboxylic acids is 1. The summed E-state index contributed by atoms with van der Waals surface area (Å²) in [5, 5.41) is 10.2. The molecule has 1 fully saturated rings. The average molecular weight is 403 g/mol. The highest BCUT2D eigenvalue weighted by Crippen LogP contribution is 2.16. The Morgan fingerprint density at radius 3 is 3.04 bits per heavy atom. The van der Waals surface area contributed by atoms with Crippen LogP contribution in [0.25, 0.3) is 0 Å².